The van der Waals surface area contributed by atoms with Gasteiger partial charge in [-0.25, -0.2) is 4.99 Å². The Kier molecular flexibility index (Phi) is 3.01. The molecule has 102 valence electrons. The summed E-state index contributed by atoms with van der Waals surface area (Å²) in [5, 5.41) is 0. The van der Waals surface area contributed by atoms with Crippen LogP contribution in [0.2, 0.25) is 0 Å². The first-order valence-electron chi connectivity index (χ1n) is 6.74. The van der Waals surface area contributed by atoms with Gasteiger partial charge in [-0.15, -0.1) is 0 Å². The molecule has 2 aliphatic heterocycles. The molecule has 1 atom stereocenters. The van der Waals surface area contributed by atoms with Crippen LogP contribution in [0.1, 0.15) is 25.8 Å². The molecule has 0 aliphatic carbocycles. The maximum absolute atomic E-state index is 12.5. The van der Waals surface area contributed by atoms with Crippen LogP contribution in [0.3, 0.4) is 0 Å². The van der Waals surface area contributed by atoms with E-state index in [0.29, 0.717) is 17.8 Å². The van der Waals surface area contributed by atoms with Crippen molar-refractivity contribution < 1.29 is 9.59 Å². The van der Waals surface area contributed by atoms with Crippen LogP contribution in [0.5, 0.6) is 0 Å². The number of rotatable bonds is 2. The van der Waals surface area contributed by atoms with Crippen molar-refractivity contribution in [3.05, 3.63) is 47.0 Å². The van der Waals surface area contributed by atoms with Gasteiger partial charge in [0.25, 0.3) is 11.8 Å². The molecule has 0 saturated carbocycles. The molecule has 2 amide bonds. The van der Waals surface area contributed by atoms with E-state index in [1.54, 1.807) is 0 Å². The second kappa shape index (κ2) is 4.71. The lowest BCUT2D eigenvalue weighted by atomic mass is 9.97. The second-order valence-electron chi connectivity index (χ2n) is 5.25. The van der Waals surface area contributed by atoms with Crippen molar-refractivity contribution in [1.29, 1.82) is 0 Å². The Balaban J connectivity index is 1.90. The molecule has 3 rings (SSSR count). The number of carbonyl (C=O) groups is 2. The van der Waals surface area contributed by atoms with Gasteiger partial charge in [0.15, 0.2) is 0 Å². The zero-order valence-electron chi connectivity index (χ0n) is 11.6. The van der Waals surface area contributed by atoms with Gasteiger partial charge in [-0.3, -0.25) is 9.59 Å². The van der Waals surface area contributed by atoms with Crippen molar-refractivity contribution in [3.8, 4) is 0 Å². The first-order valence-corrected chi connectivity index (χ1v) is 6.74. The number of hydrogen-bond donors (Lipinski definition) is 0. The average Bonchev–Trinajstić information content (AvgIpc) is 2.65. The molecule has 2 aliphatic rings. The highest BCUT2D eigenvalue weighted by molar-refractivity contribution is 6.18. The summed E-state index contributed by atoms with van der Waals surface area (Å²) in [4.78, 5) is 29.9. The Bertz CT molecular complexity index is 644. The summed E-state index contributed by atoms with van der Waals surface area (Å²) in [6.07, 6.45) is 0.140. The van der Waals surface area contributed by atoms with Gasteiger partial charge in [0.05, 0.1) is 12.5 Å². The van der Waals surface area contributed by atoms with Crippen molar-refractivity contribution in [3.63, 3.8) is 0 Å². The summed E-state index contributed by atoms with van der Waals surface area (Å²) in [6, 6.07) is 9.87. The summed E-state index contributed by atoms with van der Waals surface area (Å²) >= 11 is 0. The van der Waals surface area contributed by atoms with Gasteiger partial charge in [-0.05, 0) is 19.4 Å². The third kappa shape index (κ3) is 1.97. The predicted molar refractivity (Wildman–Crippen MR) is 76.2 cm³/mol. The van der Waals surface area contributed by atoms with E-state index < -0.39 is 0 Å². The molecule has 0 radical (unpaired) electrons. The molecule has 4 nitrogen and oxygen atoms in total. The van der Waals surface area contributed by atoms with Crippen LogP contribution in [0.15, 0.2) is 46.5 Å². The normalized spacial score (nSPS) is 22.2. The van der Waals surface area contributed by atoms with Crippen LogP contribution in [0, 0.1) is 0 Å². The summed E-state index contributed by atoms with van der Waals surface area (Å²) in [5.74, 6) is -0.248. The molecule has 0 fully saturated rings. The van der Waals surface area contributed by atoms with E-state index in [1.807, 2.05) is 49.1 Å². The molecule has 20 heavy (non-hydrogen) atoms. The quantitative estimate of drug-likeness (QED) is 0.824. The van der Waals surface area contributed by atoms with Gasteiger partial charge in [-0.1, -0.05) is 30.3 Å². The van der Waals surface area contributed by atoms with Gasteiger partial charge in [0.1, 0.15) is 0 Å². The maximum atomic E-state index is 12.5. The topological polar surface area (TPSA) is 49.7 Å². The SMILES string of the molecule is CC1=NC(=O)CC2=C1C(C)N(Cc1ccccc1)C2=O. The van der Waals surface area contributed by atoms with Gasteiger partial charge in [0.2, 0.25) is 0 Å². The number of nitrogens with zero attached hydrogens (tertiary/aromatic N) is 2. The minimum absolute atomic E-state index is 0.0189. The van der Waals surface area contributed by atoms with Crippen molar-refractivity contribution in [1.82, 2.24) is 4.90 Å². The summed E-state index contributed by atoms with van der Waals surface area (Å²) in [7, 11) is 0. The molecule has 0 spiro atoms. The number of dihydropyridines is 1. The Morgan fingerprint density at radius 3 is 2.65 bits per heavy atom. The van der Waals surface area contributed by atoms with E-state index in [1.165, 1.54) is 0 Å². The summed E-state index contributed by atoms with van der Waals surface area (Å²) in [5.41, 5.74) is 3.34. The monoisotopic (exact) mass is 268 g/mol. The lowest BCUT2D eigenvalue weighted by molar-refractivity contribution is -0.128. The highest BCUT2D eigenvalue weighted by atomic mass is 16.2. The van der Waals surface area contributed by atoms with E-state index in [0.717, 1.165) is 11.1 Å². The highest BCUT2D eigenvalue weighted by Gasteiger charge is 2.40. The smallest absolute Gasteiger partial charge is 0.251 e. The fourth-order valence-corrected chi connectivity index (χ4v) is 2.99. The average molecular weight is 268 g/mol. The van der Waals surface area contributed by atoms with Gasteiger partial charge in [0, 0.05) is 23.4 Å². The van der Waals surface area contributed by atoms with Gasteiger partial charge in [-0.2, -0.15) is 0 Å². The number of amides is 2. The van der Waals surface area contributed by atoms with Crippen LogP contribution in [-0.2, 0) is 16.1 Å². The minimum atomic E-state index is -0.219. The van der Waals surface area contributed by atoms with E-state index in [2.05, 4.69) is 4.99 Å². The third-order valence-electron chi connectivity index (χ3n) is 3.94. The Morgan fingerprint density at radius 1 is 1.25 bits per heavy atom. The van der Waals surface area contributed by atoms with Crippen LogP contribution >= 0.6 is 0 Å². The zero-order chi connectivity index (χ0) is 14.3. The van der Waals surface area contributed by atoms with Crippen LogP contribution in [0.25, 0.3) is 0 Å². The standard InChI is InChI=1S/C16H16N2O2/c1-10-15-11(2)18(9-12-6-4-3-5-7-12)16(20)13(15)8-14(19)17-10/h3-7,11H,8-9H2,1-2H3. The van der Waals surface area contributed by atoms with Crippen LogP contribution in [0.4, 0.5) is 0 Å². The number of carbonyl (C=O) groups excluding carboxylic acids is 2. The van der Waals surface area contributed by atoms with Gasteiger partial charge >= 0.3 is 0 Å². The summed E-state index contributed by atoms with van der Waals surface area (Å²) < 4.78 is 0. The fraction of sp³-hybridized carbons (Fsp3) is 0.312. The fourth-order valence-electron chi connectivity index (χ4n) is 2.99. The van der Waals surface area contributed by atoms with E-state index in [4.69, 9.17) is 0 Å². The van der Waals surface area contributed by atoms with Crippen LogP contribution < -0.4 is 0 Å². The lowest BCUT2D eigenvalue weighted by Crippen LogP contribution is -2.33. The van der Waals surface area contributed by atoms with Crippen molar-refractivity contribution >= 4 is 17.5 Å². The predicted octanol–water partition coefficient (Wildman–Crippen LogP) is 2.11. The molecule has 0 saturated heterocycles. The van der Waals surface area contributed by atoms with Gasteiger partial charge < -0.3 is 4.90 Å². The van der Waals surface area contributed by atoms with Crippen molar-refractivity contribution in [2.75, 3.05) is 0 Å². The van der Waals surface area contributed by atoms with E-state index >= 15 is 0 Å². The molecule has 0 N–H and O–H groups in total. The Labute approximate surface area is 117 Å². The van der Waals surface area contributed by atoms with Crippen molar-refractivity contribution in [2.24, 2.45) is 4.99 Å². The molecule has 1 unspecified atom stereocenters. The summed E-state index contributed by atoms with van der Waals surface area (Å²) in [6.45, 7) is 4.37. The Hall–Kier alpha value is -2.23. The number of aliphatic imine (C=N–C) groups is 1. The lowest BCUT2D eigenvalue weighted by Gasteiger charge is -2.24. The highest BCUT2D eigenvalue weighted by Crippen LogP contribution is 2.33. The first-order chi connectivity index (χ1) is 9.58. The molecule has 1 aromatic rings. The van der Waals surface area contributed by atoms with E-state index in [-0.39, 0.29) is 24.3 Å². The largest absolute Gasteiger partial charge is 0.328 e. The molecule has 0 bridgehead atoms. The first kappa shape index (κ1) is 12.8. The number of benzene rings is 1. The molecular formula is C16H16N2O2. The molecule has 1 aromatic carbocycles. The maximum Gasteiger partial charge on any atom is 0.251 e. The van der Waals surface area contributed by atoms with E-state index in [9.17, 15) is 9.59 Å². The number of hydrogen-bond acceptors (Lipinski definition) is 2. The van der Waals surface area contributed by atoms with Crippen LogP contribution in [-0.4, -0.2) is 28.5 Å². The molecule has 2 heterocycles. The molecule has 0 aromatic heterocycles. The second-order valence-corrected chi connectivity index (χ2v) is 5.25. The molecule has 4 heteroatoms. The van der Waals surface area contributed by atoms with Crippen molar-refractivity contribution in [2.45, 2.75) is 32.9 Å². The zero-order valence-corrected chi connectivity index (χ0v) is 11.6. The Morgan fingerprint density at radius 2 is 1.95 bits per heavy atom. The third-order valence-corrected chi connectivity index (χ3v) is 3.94. The molecular weight excluding hydrogens is 252 g/mol. The minimum Gasteiger partial charge on any atom is -0.328 e.